The van der Waals surface area contributed by atoms with E-state index in [0.717, 1.165) is 12.1 Å². The van der Waals surface area contributed by atoms with Crippen molar-refractivity contribution >= 4 is 11.9 Å². The number of aliphatic carboxylic acids is 1. The molecular weight excluding hydrogens is 301 g/mol. The first-order chi connectivity index (χ1) is 10.2. The predicted octanol–water partition coefficient (Wildman–Crippen LogP) is 2.35. The Morgan fingerprint density at radius 1 is 1.36 bits per heavy atom. The molecule has 8 heteroatoms. The van der Waals surface area contributed by atoms with E-state index in [1.54, 1.807) is 0 Å². The SMILES string of the molecule is Cc1nc(C(F)(F)F)ccc1C(=O)N1CCCC(C(=O)O)C1. The molecule has 0 saturated carbocycles. The highest BCUT2D eigenvalue weighted by Gasteiger charge is 2.34. The van der Waals surface area contributed by atoms with Gasteiger partial charge < -0.3 is 10.0 Å². The number of halogens is 3. The third-order valence-corrected chi connectivity index (χ3v) is 3.66. The highest BCUT2D eigenvalue weighted by Crippen LogP contribution is 2.28. The second kappa shape index (κ2) is 5.94. The van der Waals surface area contributed by atoms with E-state index >= 15 is 0 Å². The Balaban J connectivity index is 2.21. The van der Waals surface area contributed by atoms with Gasteiger partial charge in [0.05, 0.1) is 17.2 Å². The zero-order valence-electron chi connectivity index (χ0n) is 11.9. The van der Waals surface area contributed by atoms with Crippen molar-refractivity contribution in [2.75, 3.05) is 13.1 Å². The van der Waals surface area contributed by atoms with Gasteiger partial charge in [0.1, 0.15) is 5.69 Å². The summed E-state index contributed by atoms with van der Waals surface area (Å²) in [6.07, 6.45) is -3.52. The van der Waals surface area contributed by atoms with Gasteiger partial charge >= 0.3 is 12.1 Å². The molecule has 1 aliphatic rings. The van der Waals surface area contributed by atoms with Crippen molar-refractivity contribution in [2.24, 2.45) is 5.92 Å². The molecule has 1 saturated heterocycles. The van der Waals surface area contributed by atoms with Crippen LogP contribution in [0.1, 0.15) is 34.6 Å². The van der Waals surface area contributed by atoms with Gasteiger partial charge in [0.25, 0.3) is 5.91 Å². The van der Waals surface area contributed by atoms with Crippen LogP contribution < -0.4 is 0 Å². The maximum atomic E-state index is 12.6. The molecule has 5 nitrogen and oxygen atoms in total. The van der Waals surface area contributed by atoms with E-state index in [1.807, 2.05) is 0 Å². The minimum Gasteiger partial charge on any atom is -0.481 e. The van der Waals surface area contributed by atoms with Gasteiger partial charge in [-0.1, -0.05) is 0 Å². The van der Waals surface area contributed by atoms with Crippen LogP contribution in [0.15, 0.2) is 12.1 Å². The monoisotopic (exact) mass is 316 g/mol. The largest absolute Gasteiger partial charge is 0.481 e. The normalized spacial score (nSPS) is 19.1. The van der Waals surface area contributed by atoms with E-state index in [0.29, 0.717) is 19.4 Å². The number of aromatic nitrogens is 1. The molecule has 1 N–H and O–H groups in total. The lowest BCUT2D eigenvalue weighted by Gasteiger charge is -2.31. The van der Waals surface area contributed by atoms with Gasteiger partial charge in [-0.2, -0.15) is 13.2 Å². The average molecular weight is 316 g/mol. The molecule has 1 unspecified atom stereocenters. The molecule has 1 fully saturated rings. The van der Waals surface area contributed by atoms with E-state index < -0.39 is 29.7 Å². The van der Waals surface area contributed by atoms with Gasteiger partial charge in [-0.3, -0.25) is 9.59 Å². The molecule has 2 heterocycles. The minimum atomic E-state index is -4.56. The Kier molecular flexibility index (Phi) is 4.39. The van der Waals surface area contributed by atoms with Gasteiger partial charge in [0, 0.05) is 13.1 Å². The number of amides is 1. The zero-order chi connectivity index (χ0) is 16.5. The number of carbonyl (C=O) groups excluding carboxylic acids is 1. The Morgan fingerprint density at radius 2 is 2.05 bits per heavy atom. The molecule has 120 valence electrons. The molecule has 1 aromatic heterocycles. The zero-order valence-corrected chi connectivity index (χ0v) is 11.9. The van der Waals surface area contributed by atoms with E-state index in [-0.39, 0.29) is 17.8 Å². The molecule has 1 aliphatic heterocycles. The third-order valence-electron chi connectivity index (χ3n) is 3.66. The molecule has 1 atom stereocenters. The summed E-state index contributed by atoms with van der Waals surface area (Å²) < 4.78 is 37.7. The maximum Gasteiger partial charge on any atom is 0.433 e. The fraction of sp³-hybridized carbons (Fsp3) is 0.500. The number of hydrogen-bond acceptors (Lipinski definition) is 3. The van der Waals surface area contributed by atoms with Gasteiger partial charge in [-0.15, -0.1) is 0 Å². The highest BCUT2D eigenvalue weighted by molar-refractivity contribution is 5.95. The standard InChI is InChI=1S/C14H15F3N2O3/c1-8-10(4-5-11(18-8)14(15,16)17)12(20)19-6-2-3-9(7-19)13(21)22/h4-5,9H,2-3,6-7H2,1H3,(H,21,22). The molecule has 2 rings (SSSR count). The molecule has 0 aromatic carbocycles. The van der Waals surface area contributed by atoms with Crippen LogP contribution in [0.5, 0.6) is 0 Å². The van der Waals surface area contributed by atoms with Crippen LogP contribution in [-0.4, -0.2) is 40.0 Å². The average Bonchev–Trinajstić information content (AvgIpc) is 2.45. The number of carbonyl (C=O) groups is 2. The number of carboxylic acid groups (broad SMARTS) is 1. The Hall–Kier alpha value is -2.12. The van der Waals surface area contributed by atoms with Gasteiger partial charge in [-0.25, -0.2) is 4.98 Å². The van der Waals surface area contributed by atoms with Crippen LogP contribution in [0.4, 0.5) is 13.2 Å². The minimum absolute atomic E-state index is 0.0164. The fourth-order valence-corrected chi connectivity index (χ4v) is 2.48. The number of alkyl halides is 3. The van der Waals surface area contributed by atoms with Crippen molar-refractivity contribution in [2.45, 2.75) is 25.9 Å². The number of aryl methyl sites for hydroxylation is 1. The summed E-state index contributed by atoms with van der Waals surface area (Å²) in [5.74, 6) is -2.09. The summed E-state index contributed by atoms with van der Waals surface area (Å²) in [4.78, 5) is 28.2. The van der Waals surface area contributed by atoms with Gasteiger partial charge in [0.2, 0.25) is 0 Å². The Morgan fingerprint density at radius 3 is 2.59 bits per heavy atom. The van der Waals surface area contributed by atoms with E-state index in [1.165, 1.54) is 11.8 Å². The third kappa shape index (κ3) is 3.37. The van der Waals surface area contributed by atoms with Gasteiger partial charge in [-0.05, 0) is 31.9 Å². The molecule has 1 amide bonds. The number of carboxylic acids is 1. The molecule has 1 aromatic rings. The molecule has 0 bridgehead atoms. The van der Waals surface area contributed by atoms with E-state index in [4.69, 9.17) is 5.11 Å². The topological polar surface area (TPSA) is 70.5 Å². The summed E-state index contributed by atoms with van der Waals surface area (Å²) in [5, 5.41) is 9.01. The quantitative estimate of drug-likeness (QED) is 0.909. The Labute approximate surface area is 124 Å². The van der Waals surface area contributed by atoms with Crippen molar-refractivity contribution in [3.05, 3.63) is 29.1 Å². The van der Waals surface area contributed by atoms with Crippen LogP contribution in [0.25, 0.3) is 0 Å². The number of rotatable bonds is 2. The summed E-state index contributed by atoms with van der Waals surface area (Å²) in [6, 6.07) is 1.86. The summed E-state index contributed by atoms with van der Waals surface area (Å²) in [5.41, 5.74) is -1.00. The molecular formula is C14H15F3N2O3. The predicted molar refractivity (Wildman–Crippen MR) is 70.2 cm³/mol. The van der Waals surface area contributed by atoms with E-state index in [2.05, 4.69) is 4.98 Å². The van der Waals surface area contributed by atoms with Crippen LogP contribution >= 0.6 is 0 Å². The van der Waals surface area contributed by atoms with Crippen molar-refractivity contribution in [3.8, 4) is 0 Å². The lowest BCUT2D eigenvalue weighted by molar-refractivity contribution is -0.143. The molecule has 0 aliphatic carbocycles. The molecule has 0 radical (unpaired) electrons. The van der Waals surface area contributed by atoms with Crippen LogP contribution in [-0.2, 0) is 11.0 Å². The summed E-state index contributed by atoms with van der Waals surface area (Å²) in [7, 11) is 0. The number of piperidine rings is 1. The first kappa shape index (κ1) is 16.3. The number of pyridine rings is 1. The number of likely N-dealkylation sites (tertiary alicyclic amines) is 1. The summed E-state index contributed by atoms with van der Waals surface area (Å²) >= 11 is 0. The number of nitrogens with zero attached hydrogens (tertiary/aromatic N) is 2. The van der Waals surface area contributed by atoms with Crippen molar-refractivity contribution in [1.82, 2.24) is 9.88 Å². The lowest BCUT2D eigenvalue weighted by Crippen LogP contribution is -2.42. The lowest BCUT2D eigenvalue weighted by atomic mass is 9.97. The van der Waals surface area contributed by atoms with Crippen molar-refractivity contribution in [1.29, 1.82) is 0 Å². The van der Waals surface area contributed by atoms with Crippen LogP contribution in [0.3, 0.4) is 0 Å². The van der Waals surface area contributed by atoms with Gasteiger partial charge in [0.15, 0.2) is 0 Å². The van der Waals surface area contributed by atoms with Crippen LogP contribution in [0.2, 0.25) is 0 Å². The molecule has 22 heavy (non-hydrogen) atoms. The van der Waals surface area contributed by atoms with Crippen molar-refractivity contribution in [3.63, 3.8) is 0 Å². The van der Waals surface area contributed by atoms with E-state index in [9.17, 15) is 22.8 Å². The first-order valence-corrected chi connectivity index (χ1v) is 6.77. The second-order valence-corrected chi connectivity index (χ2v) is 5.26. The van der Waals surface area contributed by atoms with Crippen molar-refractivity contribution < 1.29 is 27.9 Å². The second-order valence-electron chi connectivity index (χ2n) is 5.26. The first-order valence-electron chi connectivity index (χ1n) is 6.77. The van der Waals surface area contributed by atoms with Crippen LogP contribution in [0, 0.1) is 12.8 Å². The maximum absolute atomic E-state index is 12.6. The number of hydrogen-bond donors (Lipinski definition) is 1. The molecule has 0 spiro atoms. The highest BCUT2D eigenvalue weighted by atomic mass is 19.4. The summed E-state index contributed by atoms with van der Waals surface area (Å²) in [6.45, 7) is 1.79. The fourth-order valence-electron chi connectivity index (χ4n) is 2.48. The smallest absolute Gasteiger partial charge is 0.433 e. The Bertz CT molecular complexity index is 601.